The van der Waals surface area contributed by atoms with Gasteiger partial charge < -0.3 is 14.2 Å². The zero-order valence-corrected chi connectivity index (χ0v) is 9.08. The highest BCUT2D eigenvalue weighted by atomic mass is 16.5. The van der Waals surface area contributed by atoms with Crippen LogP contribution in [0.2, 0.25) is 0 Å². The van der Waals surface area contributed by atoms with E-state index in [2.05, 4.69) is 11.7 Å². The fourth-order valence-corrected chi connectivity index (χ4v) is 0.855. The van der Waals surface area contributed by atoms with Gasteiger partial charge in [0.2, 0.25) is 0 Å². The van der Waals surface area contributed by atoms with Crippen LogP contribution in [0.5, 0.6) is 0 Å². The van der Waals surface area contributed by atoms with Gasteiger partial charge in [-0.25, -0.2) is 0 Å². The largest absolute Gasteiger partial charge is 0.379 e. The van der Waals surface area contributed by atoms with Crippen LogP contribution in [0.3, 0.4) is 0 Å². The minimum atomic E-state index is -0.0407. The van der Waals surface area contributed by atoms with Crippen LogP contribution in [-0.4, -0.2) is 45.9 Å². The summed E-state index contributed by atoms with van der Waals surface area (Å²) in [5.74, 6) is -0.0407. The number of carbonyl (C=O) groups excluding carboxylic acids is 1. The Hall–Kier alpha value is -0.450. The predicted molar refractivity (Wildman–Crippen MR) is 53.4 cm³/mol. The molecule has 0 N–H and O–H groups in total. The summed E-state index contributed by atoms with van der Waals surface area (Å²) in [6.45, 7) is 4.15. The summed E-state index contributed by atoms with van der Waals surface area (Å²) < 4.78 is 15.0. The second kappa shape index (κ2) is 10.6. The van der Waals surface area contributed by atoms with Crippen molar-refractivity contribution in [2.75, 3.05) is 40.1 Å². The van der Waals surface area contributed by atoms with Crippen molar-refractivity contribution in [3.8, 4) is 0 Å². The average molecular weight is 204 g/mol. The van der Waals surface area contributed by atoms with Crippen LogP contribution in [0, 0.1) is 0 Å². The van der Waals surface area contributed by atoms with Gasteiger partial charge in [-0.15, -0.1) is 0 Å². The molecule has 0 heterocycles. The molecule has 84 valence electrons. The Bertz CT molecular complexity index is 136. The van der Waals surface area contributed by atoms with Crippen molar-refractivity contribution in [2.24, 2.45) is 0 Å². The number of rotatable bonds is 10. The number of Topliss-reactive ketones (excluding diaryl/α,β-unsaturated/α-hetero) is 1. The van der Waals surface area contributed by atoms with Crippen molar-refractivity contribution in [1.82, 2.24) is 0 Å². The third kappa shape index (κ3) is 9.64. The molecule has 0 fully saturated rings. The number of hydrogen-bond donors (Lipinski definition) is 0. The number of ether oxygens (including phenoxy) is 3. The maximum absolute atomic E-state index is 10.9. The van der Waals surface area contributed by atoms with Crippen LogP contribution < -0.4 is 0 Å². The van der Waals surface area contributed by atoms with Gasteiger partial charge in [-0.1, -0.05) is 13.3 Å². The summed E-state index contributed by atoms with van der Waals surface area (Å²) in [6, 6.07) is 0. The first-order valence-corrected chi connectivity index (χ1v) is 4.97. The van der Waals surface area contributed by atoms with Gasteiger partial charge in [0.25, 0.3) is 0 Å². The molecule has 0 bridgehead atoms. The Morgan fingerprint density at radius 3 is 2.43 bits per heavy atom. The average Bonchev–Trinajstić information content (AvgIpc) is 2.17. The fraction of sp³-hybridized carbons (Fsp3) is 0.900. The van der Waals surface area contributed by atoms with Crippen LogP contribution in [0.15, 0.2) is 0 Å². The Morgan fingerprint density at radius 1 is 1.07 bits per heavy atom. The molecular weight excluding hydrogens is 184 g/mol. The van der Waals surface area contributed by atoms with Crippen LogP contribution >= 0.6 is 0 Å². The summed E-state index contributed by atoms with van der Waals surface area (Å²) in [4.78, 5) is 10.9. The highest BCUT2D eigenvalue weighted by molar-refractivity contribution is 5.80. The second-order valence-electron chi connectivity index (χ2n) is 2.99. The Labute approximate surface area is 85.5 Å². The van der Waals surface area contributed by atoms with E-state index in [1.807, 2.05) is 0 Å². The second-order valence-corrected chi connectivity index (χ2v) is 2.99. The predicted octanol–water partition coefficient (Wildman–Crippen LogP) is 1.04. The lowest BCUT2D eigenvalue weighted by atomic mass is 10.4. The quantitative estimate of drug-likeness (QED) is 0.499. The summed E-state index contributed by atoms with van der Waals surface area (Å²) in [5.41, 5.74) is 0. The van der Waals surface area contributed by atoms with Crippen molar-refractivity contribution in [3.63, 3.8) is 0 Å². The van der Waals surface area contributed by atoms with Gasteiger partial charge in [0, 0.05) is 13.7 Å². The Kier molecular flexibility index (Phi) is 10.3. The van der Waals surface area contributed by atoms with Crippen LogP contribution in [-0.2, 0) is 19.0 Å². The van der Waals surface area contributed by atoms with E-state index in [1.54, 1.807) is 0 Å². The van der Waals surface area contributed by atoms with Crippen LogP contribution in [0.25, 0.3) is 0 Å². The van der Waals surface area contributed by atoms with Gasteiger partial charge in [0.05, 0.1) is 13.2 Å². The smallest absolute Gasteiger partial charge is 0.183 e. The van der Waals surface area contributed by atoms with Gasteiger partial charge in [-0.05, 0) is 6.42 Å². The first-order valence-electron chi connectivity index (χ1n) is 4.97. The van der Waals surface area contributed by atoms with Crippen molar-refractivity contribution >= 4 is 5.78 Å². The third-order valence-electron chi connectivity index (χ3n) is 1.58. The molecule has 0 aliphatic rings. The standard InChI is InChI=1S/C10H20O4/c1-3-4-5-13-6-7-14-9-10(11)8-12-2/h3-9H2,1-2H3. The van der Waals surface area contributed by atoms with Crippen molar-refractivity contribution < 1.29 is 19.0 Å². The molecule has 0 aromatic rings. The lowest BCUT2D eigenvalue weighted by Crippen LogP contribution is -2.16. The Balaban J connectivity index is 3.01. The zero-order valence-electron chi connectivity index (χ0n) is 9.08. The number of unbranched alkanes of at least 4 members (excludes halogenated alkanes) is 1. The highest BCUT2D eigenvalue weighted by Gasteiger charge is 1.99. The molecule has 4 heteroatoms. The molecule has 0 spiro atoms. The van der Waals surface area contributed by atoms with Gasteiger partial charge in [-0.2, -0.15) is 0 Å². The molecule has 0 aliphatic heterocycles. The highest BCUT2D eigenvalue weighted by Crippen LogP contribution is 1.88. The molecule has 0 saturated heterocycles. The number of methoxy groups -OCH3 is 1. The summed E-state index contributed by atoms with van der Waals surface area (Å²) >= 11 is 0. The molecule has 0 aromatic heterocycles. The topological polar surface area (TPSA) is 44.8 Å². The van der Waals surface area contributed by atoms with Crippen molar-refractivity contribution in [1.29, 1.82) is 0 Å². The van der Waals surface area contributed by atoms with Gasteiger partial charge in [0.1, 0.15) is 13.2 Å². The van der Waals surface area contributed by atoms with Gasteiger partial charge in [0.15, 0.2) is 5.78 Å². The molecule has 14 heavy (non-hydrogen) atoms. The first kappa shape index (κ1) is 13.5. The van der Waals surface area contributed by atoms with Gasteiger partial charge in [-0.3, -0.25) is 4.79 Å². The van der Waals surface area contributed by atoms with Crippen LogP contribution in [0.1, 0.15) is 19.8 Å². The number of hydrogen-bond acceptors (Lipinski definition) is 4. The maximum atomic E-state index is 10.9. The van der Waals surface area contributed by atoms with Crippen molar-refractivity contribution in [2.45, 2.75) is 19.8 Å². The summed E-state index contributed by atoms with van der Waals surface area (Å²) in [6.07, 6.45) is 2.20. The Morgan fingerprint density at radius 2 is 1.79 bits per heavy atom. The van der Waals surface area contributed by atoms with E-state index in [4.69, 9.17) is 9.47 Å². The molecule has 0 radical (unpaired) electrons. The maximum Gasteiger partial charge on any atom is 0.183 e. The van der Waals surface area contributed by atoms with E-state index in [0.717, 1.165) is 19.4 Å². The molecule has 0 atom stereocenters. The fourth-order valence-electron chi connectivity index (χ4n) is 0.855. The van der Waals surface area contributed by atoms with E-state index in [-0.39, 0.29) is 19.0 Å². The van der Waals surface area contributed by atoms with Crippen LogP contribution in [0.4, 0.5) is 0 Å². The molecule has 0 rings (SSSR count). The van der Waals surface area contributed by atoms with E-state index in [0.29, 0.717) is 13.2 Å². The number of carbonyl (C=O) groups is 1. The molecule has 0 unspecified atom stereocenters. The monoisotopic (exact) mass is 204 g/mol. The SMILES string of the molecule is CCCCOCCOCC(=O)COC. The first-order chi connectivity index (χ1) is 6.81. The molecule has 0 amide bonds. The van der Waals surface area contributed by atoms with E-state index in [1.165, 1.54) is 7.11 Å². The van der Waals surface area contributed by atoms with Crippen molar-refractivity contribution in [3.05, 3.63) is 0 Å². The lowest BCUT2D eigenvalue weighted by Gasteiger charge is -2.04. The minimum absolute atomic E-state index is 0.0407. The van der Waals surface area contributed by atoms with Gasteiger partial charge >= 0.3 is 0 Å². The molecular formula is C10H20O4. The zero-order chi connectivity index (χ0) is 10.6. The number of ketones is 1. The minimum Gasteiger partial charge on any atom is -0.379 e. The lowest BCUT2D eigenvalue weighted by molar-refractivity contribution is -0.127. The third-order valence-corrected chi connectivity index (χ3v) is 1.58. The van der Waals surface area contributed by atoms with E-state index in [9.17, 15) is 4.79 Å². The molecule has 4 nitrogen and oxygen atoms in total. The summed E-state index contributed by atoms with van der Waals surface area (Å²) in [7, 11) is 1.49. The molecule has 0 saturated carbocycles. The normalized spacial score (nSPS) is 10.4. The summed E-state index contributed by atoms with van der Waals surface area (Å²) in [5, 5.41) is 0. The van der Waals surface area contributed by atoms with E-state index < -0.39 is 0 Å². The van der Waals surface area contributed by atoms with E-state index >= 15 is 0 Å². The molecule has 0 aromatic carbocycles. The molecule has 0 aliphatic carbocycles.